The molecule has 0 aromatic carbocycles. The molecule has 1 fully saturated rings. The molecule has 0 radical (unpaired) electrons. The highest BCUT2D eigenvalue weighted by atomic mass is 16.5. The van der Waals surface area contributed by atoms with Gasteiger partial charge in [0.05, 0.1) is 0 Å². The summed E-state index contributed by atoms with van der Waals surface area (Å²) >= 11 is 0. The molecule has 18 heavy (non-hydrogen) atoms. The highest BCUT2D eigenvalue weighted by Gasteiger charge is 2.14. The fraction of sp³-hybridized carbons (Fsp3) is 0.667. The Labute approximate surface area is 105 Å². The smallest absolute Gasteiger partial charge is 0.330 e. The first-order valence-electron chi connectivity index (χ1n) is 6.16. The molecule has 2 heterocycles. The Morgan fingerprint density at radius 3 is 2.61 bits per heavy atom. The van der Waals surface area contributed by atoms with E-state index < -0.39 is 0 Å². The molecule has 1 N–H and O–H groups in total. The number of rotatable bonds is 3. The van der Waals surface area contributed by atoms with Crippen molar-refractivity contribution in [1.82, 2.24) is 14.5 Å². The molecule has 6 nitrogen and oxygen atoms in total. The van der Waals surface area contributed by atoms with Crippen LogP contribution in [0.25, 0.3) is 0 Å². The van der Waals surface area contributed by atoms with E-state index in [0.29, 0.717) is 12.6 Å². The van der Waals surface area contributed by atoms with E-state index in [1.165, 1.54) is 17.7 Å². The minimum Gasteiger partial charge on any atom is -0.381 e. The van der Waals surface area contributed by atoms with Crippen molar-refractivity contribution in [2.75, 3.05) is 13.2 Å². The molecule has 1 aliphatic rings. The molecule has 0 saturated carbocycles. The summed E-state index contributed by atoms with van der Waals surface area (Å²) in [5.41, 5.74) is 0.169. The van der Waals surface area contributed by atoms with E-state index in [1.807, 2.05) is 0 Å². The number of nitrogens with one attached hydrogen (secondary N) is 1. The maximum atomic E-state index is 11.7. The van der Waals surface area contributed by atoms with E-state index in [4.69, 9.17) is 4.74 Å². The van der Waals surface area contributed by atoms with Gasteiger partial charge < -0.3 is 10.1 Å². The predicted octanol–water partition coefficient (Wildman–Crippen LogP) is -0.647. The summed E-state index contributed by atoms with van der Waals surface area (Å²) in [5.74, 6) is 0. The van der Waals surface area contributed by atoms with Crippen molar-refractivity contribution in [2.45, 2.75) is 25.4 Å². The molecule has 1 aromatic heterocycles. The van der Waals surface area contributed by atoms with Crippen LogP contribution in [0.5, 0.6) is 0 Å². The predicted molar refractivity (Wildman–Crippen MR) is 67.6 cm³/mol. The van der Waals surface area contributed by atoms with Gasteiger partial charge in [0, 0.05) is 51.7 Å². The Morgan fingerprint density at radius 2 is 1.94 bits per heavy atom. The van der Waals surface area contributed by atoms with Crippen LogP contribution in [0.3, 0.4) is 0 Å². The minimum absolute atomic E-state index is 0.262. The van der Waals surface area contributed by atoms with Gasteiger partial charge in [-0.3, -0.25) is 13.9 Å². The molecule has 100 valence electrons. The first-order valence-corrected chi connectivity index (χ1v) is 6.16. The average Bonchev–Trinajstić information content (AvgIpc) is 2.40. The fourth-order valence-electron chi connectivity index (χ4n) is 2.10. The van der Waals surface area contributed by atoms with E-state index in [-0.39, 0.29) is 11.2 Å². The summed E-state index contributed by atoms with van der Waals surface area (Å²) in [5, 5.41) is 3.36. The van der Waals surface area contributed by atoms with Crippen molar-refractivity contribution in [2.24, 2.45) is 14.1 Å². The first-order chi connectivity index (χ1) is 8.59. The van der Waals surface area contributed by atoms with Gasteiger partial charge in [-0.05, 0) is 12.8 Å². The molecule has 0 aliphatic carbocycles. The van der Waals surface area contributed by atoms with E-state index >= 15 is 0 Å². The van der Waals surface area contributed by atoms with E-state index in [0.717, 1.165) is 36.3 Å². The summed E-state index contributed by atoms with van der Waals surface area (Å²) in [6.07, 6.45) is 1.94. The molecule has 0 unspecified atom stereocenters. The van der Waals surface area contributed by atoms with Gasteiger partial charge in [0.2, 0.25) is 0 Å². The normalized spacial score (nSPS) is 17.0. The van der Waals surface area contributed by atoms with Crippen LogP contribution in [-0.2, 0) is 25.4 Å². The summed E-state index contributed by atoms with van der Waals surface area (Å²) in [4.78, 5) is 23.3. The van der Waals surface area contributed by atoms with E-state index in [1.54, 1.807) is 7.05 Å². The number of nitrogens with zero attached hydrogens (tertiary/aromatic N) is 2. The van der Waals surface area contributed by atoms with Crippen LogP contribution >= 0.6 is 0 Å². The second kappa shape index (κ2) is 5.49. The first kappa shape index (κ1) is 13.0. The van der Waals surface area contributed by atoms with Gasteiger partial charge >= 0.3 is 5.69 Å². The summed E-state index contributed by atoms with van der Waals surface area (Å²) < 4.78 is 7.90. The SMILES string of the molecule is Cn1c(CNC2CCOCC2)cc(=O)n(C)c1=O. The van der Waals surface area contributed by atoms with Gasteiger partial charge in [0.15, 0.2) is 0 Å². The van der Waals surface area contributed by atoms with Gasteiger partial charge in [0.1, 0.15) is 0 Å². The van der Waals surface area contributed by atoms with Gasteiger partial charge in [-0.2, -0.15) is 0 Å². The molecular weight excluding hydrogens is 234 g/mol. The van der Waals surface area contributed by atoms with E-state index in [9.17, 15) is 9.59 Å². The zero-order chi connectivity index (χ0) is 13.1. The quantitative estimate of drug-likeness (QED) is 0.777. The largest absolute Gasteiger partial charge is 0.381 e. The fourth-order valence-corrected chi connectivity index (χ4v) is 2.10. The molecule has 0 atom stereocenters. The van der Waals surface area contributed by atoms with Crippen LogP contribution in [0.15, 0.2) is 15.7 Å². The van der Waals surface area contributed by atoms with Crippen molar-refractivity contribution >= 4 is 0 Å². The lowest BCUT2D eigenvalue weighted by Gasteiger charge is -2.23. The Balaban J connectivity index is 2.10. The molecular formula is C12H19N3O3. The second-order valence-corrected chi connectivity index (χ2v) is 4.64. The molecule has 1 aliphatic heterocycles. The van der Waals surface area contributed by atoms with Crippen LogP contribution < -0.4 is 16.6 Å². The van der Waals surface area contributed by atoms with Crippen molar-refractivity contribution in [3.05, 3.63) is 32.6 Å². The standard InChI is InChI=1S/C12H19N3O3/c1-14-10(7-11(16)15(2)12(14)17)8-13-9-3-5-18-6-4-9/h7,9,13H,3-6,8H2,1-2H3. The second-order valence-electron chi connectivity index (χ2n) is 4.64. The van der Waals surface area contributed by atoms with Gasteiger partial charge in [-0.15, -0.1) is 0 Å². The van der Waals surface area contributed by atoms with Gasteiger partial charge in [-0.25, -0.2) is 4.79 Å². The summed E-state index contributed by atoms with van der Waals surface area (Å²) in [6.45, 7) is 2.08. The van der Waals surface area contributed by atoms with Crippen molar-refractivity contribution in [1.29, 1.82) is 0 Å². The maximum absolute atomic E-state index is 11.7. The number of aromatic nitrogens is 2. The molecule has 6 heteroatoms. The minimum atomic E-state index is -0.286. The maximum Gasteiger partial charge on any atom is 0.330 e. The zero-order valence-corrected chi connectivity index (χ0v) is 10.8. The lowest BCUT2D eigenvalue weighted by molar-refractivity contribution is 0.0774. The third kappa shape index (κ3) is 2.70. The third-order valence-electron chi connectivity index (χ3n) is 3.42. The zero-order valence-electron chi connectivity index (χ0n) is 10.8. The molecule has 0 amide bonds. The Bertz CT molecular complexity index is 526. The van der Waals surface area contributed by atoms with Crippen LogP contribution in [0.2, 0.25) is 0 Å². The third-order valence-corrected chi connectivity index (χ3v) is 3.42. The van der Waals surface area contributed by atoms with Crippen LogP contribution in [0, 0.1) is 0 Å². The molecule has 0 spiro atoms. The average molecular weight is 253 g/mol. The lowest BCUT2D eigenvalue weighted by Crippen LogP contribution is -2.41. The molecule has 1 aromatic rings. The van der Waals surface area contributed by atoms with Crippen molar-refractivity contribution in [3.63, 3.8) is 0 Å². The Kier molecular flexibility index (Phi) is 3.98. The highest BCUT2D eigenvalue weighted by Crippen LogP contribution is 2.06. The van der Waals surface area contributed by atoms with Crippen molar-refractivity contribution in [3.8, 4) is 0 Å². The summed E-state index contributed by atoms with van der Waals surface area (Å²) in [7, 11) is 3.17. The number of ether oxygens (including phenoxy) is 1. The van der Waals surface area contributed by atoms with Crippen LogP contribution in [0.1, 0.15) is 18.5 Å². The van der Waals surface area contributed by atoms with E-state index in [2.05, 4.69) is 5.32 Å². The van der Waals surface area contributed by atoms with Crippen molar-refractivity contribution < 1.29 is 4.74 Å². The topological polar surface area (TPSA) is 65.3 Å². The Morgan fingerprint density at radius 1 is 1.28 bits per heavy atom. The molecule has 2 rings (SSSR count). The van der Waals surface area contributed by atoms with Crippen LogP contribution in [-0.4, -0.2) is 28.4 Å². The number of hydrogen-bond donors (Lipinski definition) is 1. The summed E-state index contributed by atoms with van der Waals surface area (Å²) in [6, 6.07) is 1.91. The Hall–Kier alpha value is -1.40. The molecule has 0 bridgehead atoms. The van der Waals surface area contributed by atoms with Gasteiger partial charge in [0.25, 0.3) is 5.56 Å². The highest BCUT2D eigenvalue weighted by molar-refractivity contribution is 5.02. The monoisotopic (exact) mass is 253 g/mol. The lowest BCUT2D eigenvalue weighted by atomic mass is 10.1. The van der Waals surface area contributed by atoms with Crippen LogP contribution in [0.4, 0.5) is 0 Å². The molecule has 1 saturated heterocycles. The van der Waals surface area contributed by atoms with Gasteiger partial charge in [-0.1, -0.05) is 0 Å². The number of hydrogen-bond acceptors (Lipinski definition) is 4.